The van der Waals surface area contributed by atoms with Crippen LogP contribution in [-0.4, -0.2) is 86.4 Å². The van der Waals surface area contributed by atoms with Gasteiger partial charge >= 0.3 is 12.1 Å². The summed E-state index contributed by atoms with van der Waals surface area (Å²) in [4.78, 5) is 46.0. The Balaban J connectivity index is 4.99. The first-order valence-electron chi connectivity index (χ1n) is 14.0. The maximum Gasteiger partial charge on any atom is 0.405 e. The molecule has 0 saturated heterocycles. The number of aliphatic hydroxyl groups is 4. The normalized spacial score (nSPS) is 17.8. The smallest absolute Gasteiger partial charge is 0.405 e. The first-order chi connectivity index (χ1) is 20.6. The Bertz CT molecular complexity index is 1130. The molecule has 0 aliphatic heterocycles. The van der Waals surface area contributed by atoms with Gasteiger partial charge in [0.25, 0.3) is 0 Å². The lowest BCUT2D eigenvalue weighted by atomic mass is 9.89. The van der Waals surface area contributed by atoms with Crippen LogP contribution in [0.4, 0.5) is 4.79 Å². The van der Waals surface area contributed by atoms with E-state index in [0.717, 1.165) is 5.57 Å². The van der Waals surface area contributed by atoms with E-state index in [0.29, 0.717) is 6.42 Å². The molecule has 12 nitrogen and oxygen atoms in total. The van der Waals surface area contributed by atoms with Crippen molar-refractivity contribution in [3.05, 3.63) is 71.4 Å². The molecule has 0 saturated carbocycles. The second-order valence-corrected chi connectivity index (χ2v) is 10.6. The fraction of sp³-hybridized carbons (Fsp3) is 0.484. The number of hydrogen-bond acceptors (Lipinski definition) is 9. The minimum absolute atomic E-state index is 0.165. The number of halogens is 1. The molecule has 0 spiro atoms. The molecule has 246 valence electrons. The quantitative estimate of drug-likeness (QED) is 0.0585. The Morgan fingerprint density at radius 3 is 2.16 bits per heavy atom. The summed E-state index contributed by atoms with van der Waals surface area (Å²) in [5.74, 6) is -4.00. The highest BCUT2D eigenvalue weighted by molar-refractivity contribution is 6.30. The number of carbonyl (C=O) groups excluding carboxylic acids is 3. The van der Waals surface area contributed by atoms with E-state index in [-0.39, 0.29) is 11.6 Å². The molecule has 0 aliphatic carbocycles. The Hall–Kier alpha value is -3.55. The summed E-state index contributed by atoms with van der Waals surface area (Å²) in [6.07, 6.45) is 7.71. The van der Waals surface area contributed by atoms with Crippen LogP contribution in [0.2, 0.25) is 0 Å². The predicted molar refractivity (Wildman–Crippen MR) is 166 cm³/mol. The van der Waals surface area contributed by atoms with E-state index in [2.05, 4.69) is 5.32 Å². The lowest BCUT2D eigenvalue weighted by Crippen LogP contribution is -2.42. The monoisotopic (exact) mass is 640 g/mol. The lowest BCUT2D eigenvalue weighted by Gasteiger charge is -2.27. The van der Waals surface area contributed by atoms with Crippen LogP contribution in [0.15, 0.2) is 71.4 Å². The van der Waals surface area contributed by atoms with Gasteiger partial charge in [0.2, 0.25) is 5.91 Å². The summed E-state index contributed by atoms with van der Waals surface area (Å²) in [5.41, 5.74) is 5.90. The van der Waals surface area contributed by atoms with Crippen molar-refractivity contribution in [3.8, 4) is 0 Å². The van der Waals surface area contributed by atoms with Gasteiger partial charge in [0.15, 0.2) is 5.78 Å². The topological polar surface area (TPSA) is 217 Å². The van der Waals surface area contributed by atoms with E-state index in [9.17, 15) is 39.6 Å². The predicted octanol–water partition coefficient (Wildman–Crippen LogP) is 2.42. The zero-order valence-corrected chi connectivity index (χ0v) is 26.1. The van der Waals surface area contributed by atoms with Crippen LogP contribution in [-0.2, 0) is 19.1 Å². The number of carboxylic acid groups (broad SMARTS) is 1. The van der Waals surface area contributed by atoms with E-state index >= 15 is 0 Å². The van der Waals surface area contributed by atoms with Gasteiger partial charge in [0.05, 0.1) is 24.7 Å². The molecule has 44 heavy (non-hydrogen) atoms. The fourth-order valence-electron chi connectivity index (χ4n) is 3.55. The second kappa shape index (κ2) is 22.0. The van der Waals surface area contributed by atoms with E-state index < -0.39 is 79.0 Å². The number of ketones is 1. The lowest BCUT2D eigenvalue weighted by molar-refractivity contribution is -0.139. The summed E-state index contributed by atoms with van der Waals surface area (Å²) in [5, 5.41) is 52.0. The highest BCUT2D eigenvalue weighted by atomic mass is 35.5. The summed E-state index contributed by atoms with van der Waals surface area (Å²) in [6, 6.07) is 0. The first kappa shape index (κ1) is 40.5. The van der Waals surface area contributed by atoms with Crippen LogP contribution in [0.25, 0.3) is 0 Å². The molecule has 0 rings (SSSR count). The average molecular weight is 641 g/mol. The Morgan fingerprint density at radius 2 is 1.57 bits per heavy atom. The molecule has 0 bridgehead atoms. The van der Waals surface area contributed by atoms with Gasteiger partial charge in [-0.15, -0.1) is 0 Å². The van der Waals surface area contributed by atoms with E-state index in [4.69, 9.17) is 27.2 Å². The van der Waals surface area contributed by atoms with Gasteiger partial charge in [-0.1, -0.05) is 80.5 Å². The summed E-state index contributed by atoms with van der Waals surface area (Å²) in [7, 11) is 0. The first-order valence-corrected chi connectivity index (χ1v) is 14.4. The van der Waals surface area contributed by atoms with Gasteiger partial charge in [-0.2, -0.15) is 0 Å². The number of aliphatic carboxylic acids is 1. The molecule has 13 heteroatoms. The number of amides is 2. The molecule has 0 radical (unpaired) electrons. The number of ether oxygens (including phenoxy) is 1. The molecule has 0 aromatic heterocycles. The summed E-state index contributed by atoms with van der Waals surface area (Å²) < 4.78 is 5.00. The van der Waals surface area contributed by atoms with Crippen molar-refractivity contribution in [1.82, 2.24) is 5.32 Å². The number of primary amides is 1. The molecule has 2 amide bonds. The summed E-state index contributed by atoms with van der Waals surface area (Å²) >= 11 is 6.27. The van der Waals surface area contributed by atoms with E-state index in [1.165, 1.54) is 25.2 Å². The molecular weight excluding hydrogens is 596 g/mol. The molecule has 8 N–H and O–H groups in total. The van der Waals surface area contributed by atoms with Gasteiger partial charge in [0.1, 0.15) is 12.2 Å². The molecule has 0 aromatic carbocycles. The van der Waals surface area contributed by atoms with Gasteiger partial charge < -0.3 is 41.3 Å². The highest BCUT2D eigenvalue weighted by Gasteiger charge is 2.34. The number of nitrogens with two attached hydrogens (primary N) is 1. The van der Waals surface area contributed by atoms with Crippen LogP contribution in [0, 0.1) is 11.8 Å². The van der Waals surface area contributed by atoms with Gasteiger partial charge in [-0.3, -0.25) is 14.4 Å². The van der Waals surface area contributed by atoms with Gasteiger partial charge in [-0.05, 0) is 25.5 Å². The van der Waals surface area contributed by atoms with Crippen molar-refractivity contribution >= 4 is 35.4 Å². The van der Waals surface area contributed by atoms with Crippen molar-refractivity contribution in [2.24, 2.45) is 17.6 Å². The second-order valence-electron chi connectivity index (χ2n) is 10.1. The standard InChI is InChI=1S/C31H45ClN2O10/c1-5-6-14-26(44-31(33)43)21(4)24(36)17-25(37)30(42)29(41)20(3)23(32)13-9-7-11-19(2)12-8-10-15-27(38)34-18-22(35)16-28(39)40/h6-15,20-22,24,26,29-30,35-36,41-42H,5,16-18H2,1-4H3,(H2,33,43)(H,34,38)(H,39,40)/b9-7+,12-8+,14-6+,15-10+,19-11+,23-13-/t20-,21+,22?,24-,26-,29-,30-/m1/s1. The third-order valence-electron chi connectivity index (χ3n) is 6.32. The van der Waals surface area contributed by atoms with Crippen molar-refractivity contribution in [2.45, 2.75) is 77.5 Å². The van der Waals surface area contributed by atoms with Crippen molar-refractivity contribution in [2.75, 3.05) is 6.54 Å². The van der Waals surface area contributed by atoms with Crippen molar-refractivity contribution < 1.29 is 49.4 Å². The van der Waals surface area contributed by atoms with Gasteiger partial charge in [0, 0.05) is 35.9 Å². The number of rotatable bonds is 20. The molecule has 1 unspecified atom stereocenters. The minimum Gasteiger partial charge on any atom is -0.481 e. The third kappa shape index (κ3) is 17.5. The van der Waals surface area contributed by atoms with Crippen LogP contribution in [0.5, 0.6) is 0 Å². The number of aliphatic hydroxyl groups excluding tert-OH is 4. The molecule has 7 atom stereocenters. The minimum atomic E-state index is -1.82. The number of nitrogens with one attached hydrogen (secondary N) is 1. The van der Waals surface area contributed by atoms with Crippen molar-refractivity contribution in [3.63, 3.8) is 0 Å². The van der Waals surface area contributed by atoms with Crippen LogP contribution in [0.3, 0.4) is 0 Å². The maximum absolute atomic E-state index is 12.6. The number of hydrogen-bond donors (Lipinski definition) is 7. The SMILES string of the molecule is CC/C=C/[C@@H](OC(N)=O)[C@@H](C)[C@H](O)CC(=O)[C@@H](O)[C@H](O)[C@H](C)/C(Cl)=C/C=C/C=C(C)/C=C/C=C/C(=O)NCC(O)CC(=O)O. The van der Waals surface area contributed by atoms with Crippen LogP contribution < -0.4 is 11.1 Å². The maximum atomic E-state index is 12.6. The fourth-order valence-corrected chi connectivity index (χ4v) is 3.75. The van der Waals surface area contributed by atoms with Crippen LogP contribution in [0.1, 0.15) is 47.0 Å². The van der Waals surface area contributed by atoms with E-state index in [1.54, 1.807) is 56.4 Å². The zero-order chi connectivity index (χ0) is 33.8. The molecule has 0 fully saturated rings. The van der Waals surface area contributed by atoms with Gasteiger partial charge in [-0.25, -0.2) is 4.79 Å². The Labute approximate surface area is 262 Å². The van der Waals surface area contributed by atoms with Crippen LogP contribution >= 0.6 is 11.6 Å². The molecular formula is C31H45ClN2O10. The molecule has 0 aliphatic rings. The number of carboxylic acids is 1. The third-order valence-corrected chi connectivity index (χ3v) is 6.79. The molecule has 0 heterocycles. The largest absolute Gasteiger partial charge is 0.481 e. The van der Waals surface area contributed by atoms with Crippen molar-refractivity contribution in [1.29, 1.82) is 0 Å². The summed E-state index contributed by atoms with van der Waals surface area (Å²) in [6.45, 7) is 6.57. The number of carbonyl (C=O) groups is 4. The molecule has 0 aromatic rings. The highest BCUT2D eigenvalue weighted by Crippen LogP contribution is 2.24. The average Bonchev–Trinajstić information content (AvgIpc) is 2.96. The zero-order valence-electron chi connectivity index (χ0n) is 25.4. The number of allylic oxidation sites excluding steroid dienone is 9. The van der Waals surface area contributed by atoms with E-state index in [1.807, 2.05) is 6.92 Å². The number of Topliss-reactive ketones (excluding diaryl/α,β-unsaturated/α-hetero) is 1. The Kier molecular flexibility index (Phi) is 20.3. The Morgan fingerprint density at radius 1 is 0.955 bits per heavy atom.